The lowest BCUT2D eigenvalue weighted by atomic mass is 9.94. The Morgan fingerprint density at radius 2 is 1.17 bits per heavy atom. The van der Waals surface area contributed by atoms with Gasteiger partial charge in [-0.1, -0.05) is 37.1 Å². The van der Waals surface area contributed by atoms with Gasteiger partial charge in [-0.3, -0.25) is 0 Å². The summed E-state index contributed by atoms with van der Waals surface area (Å²) in [5.74, 6) is -10.3. The van der Waals surface area contributed by atoms with E-state index < -0.39 is 52.8 Å². The van der Waals surface area contributed by atoms with Gasteiger partial charge in [0.25, 0.3) is 0 Å². The van der Waals surface area contributed by atoms with E-state index in [9.17, 15) is 39.5 Å². The molecule has 1 fully saturated rings. The van der Waals surface area contributed by atoms with Crippen LogP contribution in [0.1, 0.15) is 42.7 Å². The molecule has 4 rings (SSSR count). The van der Waals surface area contributed by atoms with Crippen molar-refractivity contribution >= 4 is 0 Å². The van der Waals surface area contributed by atoms with Crippen LogP contribution in [0.15, 0.2) is 48.5 Å². The van der Waals surface area contributed by atoms with E-state index >= 15 is 0 Å². The molecule has 1 aliphatic rings. The highest BCUT2D eigenvalue weighted by atomic mass is 19.4. The number of ether oxygens (including phenoxy) is 2. The fraction of sp³-hybridized carbons (Fsp3) is 0.280. The van der Waals surface area contributed by atoms with Crippen molar-refractivity contribution in [3.63, 3.8) is 0 Å². The maximum Gasteiger partial charge on any atom is 0.573 e. The number of alkyl halides is 5. The van der Waals surface area contributed by atoms with Gasteiger partial charge in [0.1, 0.15) is 22.9 Å². The Kier molecular flexibility index (Phi) is 6.85. The molecule has 0 heterocycles. The first-order valence-corrected chi connectivity index (χ1v) is 10.8. The van der Waals surface area contributed by atoms with E-state index in [1.54, 1.807) is 12.1 Å². The molecule has 0 aromatic heterocycles. The molecule has 1 aliphatic carbocycles. The highest BCUT2D eigenvalue weighted by Gasteiger charge is 2.42. The number of rotatable bonds is 6. The Labute approximate surface area is 199 Å². The minimum atomic E-state index is -5.46. The molecule has 0 atom stereocenters. The monoisotopic (exact) mass is 520 g/mol. The SMILES string of the molecule is Fc1cc(OC(F)(F)c2c(F)cc(-c3ccc(C4CCCC4)cc3)cc2F)cc(F)c1OC(F)(F)F. The lowest BCUT2D eigenvalue weighted by Crippen LogP contribution is -2.25. The van der Waals surface area contributed by atoms with Gasteiger partial charge >= 0.3 is 12.5 Å². The third-order valence-electron chi connectivity index (χ3n) is 5.84. The van der Waals surface area contributed by atoms with Crippen LogP contribution in [0.25, 0.3) is 11.1 Å². The minimum absolute atomic E-state index is 0.0336. The zero-order chi connectivity index (χ0) is 26.3. The van der Waals surface area contributed by atoms with Gasteiger partial charge < -0.3 is 9.47 Å². The predicted octanol–water partition coefficient (Wildman–Crippen LogP) is 8.59. The zero-order valence-electron chi connectivity index (χ0n) is 18.2. The van der Waals surface area contributed by atoms with Crippen LogP contribution in [-0.4, -0.2) is 6.36 Å². The smallest absolute Gasteiger partial charge is 0.429 e. The van der Waals surface area contributed by atoms with Crippen LogP contribution in [-0.2, 0) is 6.11 Å². The molecule has 0 bridgehead atoms. The maximum absolute atomic E-state index is 14.6. The second kappa shape index (κ2) is 9.59. The lowest BCUT2D eigenvalue weighted by molar-refractivity contribution is -0.276. The van der Waals surface area contributed by atoms with Crippen molar-refractivity contribution in [1.29, 1.82) is 0 Å². The Morgan fingerprint density at radius 3 is 1.67 bits per heavy atom. The van der Waals surface area contributed by atoms with Crippen molar-refractivity contribution in [2.45, 2.75) is 44.1 Å². The number of hydrogen-bond acceptors (Lipinski definition) is 2. The predicted molar refractivity (Wildman–Crippen MR) is 111 cm³/mol. The first kappa shape index (κ1) is 25.7. The molecule has 192 valence electrons. The highest BCUT2D eigenvalue weighted by Crippen LogP contribution is 2.40. The van der Waals surface area contributed by atoms with Crippen LogP contribution >= 0.6 is 0 Å². The molecule has 1 saturated carbocycles. The molecule has 36 heavy (non-hydrogen) atoms. The van der Waals surface area contributed by atoms with Crippen LogP contribution in [0.2, 0.25) is 0 Å². The maximum atomic E-state index is 14.6. The molecule has 0 amide bonds. The van der Waals surface area contributed by atoms with Crippen LogP contribution in [0.3, 0.4) is 0 Å². The summed E-state index contributed by atoms with van der Waals surface area (Å²) in [5, 5.41) is 0. The normalized spacial score (nSPS) is 14.8. The van der Waals surface area contributed by atoms with Gasteiger partial charge in [0.15, 0.2) is 11.6 Å². The van der Waals surface area contributed by atoms with Gasteiger partial charge in [0.2, 0.25) is 5.75 Å². The summed E-state index contributed by atoms with van der Waals surface area (Å²) in [6.07, 6.45) is -5.92. The Bertz CT molecular complexity index is 1200. The number of hydrogen-bond donors (Lipinski definition) is 0. The molecule has 0 spiro atoms. The molecule has 0 aliphatic heterocycles. The highest BCUT2D eigenvalue weighted by molar-refractivity contribution is 5.64. The average Bonchev–Trinajstić information content (AvgIpc) is 3.30. The van der Waals surface area contributed by atoms with Gasteiger partial charge in [-0.15, -0.1) is 13.2 Å². The Hall–Kier alpha value is -3.37. The van der Waals surface area contributed by atoms with E-state index in [4.69, 9.17) is 0 Å². The van der Waals surface area contributed by atoms with Crippen LogP contribution in [0.5, 0.6) is 11.5 Å². The molecular formula is C25H17F9O2. The third kappa shape index (κ3) is 5.55. The van der Waals surface area contributed by atoms with Crippen LogP contribution in [0.4, 0.5) is 39.5 Å². The molecule has 0 N–H and O–H groups in total. The van der Waals surface area contributed by atoms with E-state index in [1.165, 1.54) is 0 Å². The molecule has 0 saturated heterocycles. The van der Waals surface area contributed by atoms with Crippen molar-refractivity contribution in [3.8, 4) is 22.6 Å². The van der Waals surface area contributed by atoms with E-state index in [0.29, 0.717) is 23.6 Å². The van der Waals surface area contributed by atoms with E-state index in [0.717, 1.165) is 31.2 Å². The molecule has 0 unspecified atom stereocenters. The molecule has 0 radical (unpaired) electrons. The number of benzene rings is 3. The topological polar surface area (TPSA) is 18.5 Å². The minimum Gasteiger partial charge on any atom is -0.429 e. The van der Waals surface area contributed by atoms with Gasteiger partial charge in [0.05, 0.1) is 0 Å². The Morgan fingerprint density at radius 1 is 0.639 bits per heavy atom. The number of halogens is 9. The van der Waals surface area contributed by atoms with Crippen molar-refractivity contribution in [2.24, 2.45) is 0 Å². The van der Waals surface area contributed by atoms with E-state index in [1.807, 2.05) is 12.1 Å². The second-order valence-corrected chi connectivity index (χ2v) is 8.30. The summed E-state index contributed by atoms with van der Waals surface area (Å²) in [4.78, 5) is 0. The van der Waals surface area contributed by atoms with Crippen molar-refractivity contribution in [1.82, 2.24) is 0 Å². The quantitative estimate of drug-likeness (QED) is 0.303. The zero-order valence-corrected chi connectivity index (χ0v) is 18.2. The van der Waals surface area contributed by atoms with Crippen LogP contribution < -0.4 is 9.47 Å². The molecule has 3 aromatic rings. The summed E-state index contributed by atoms with van der Waals surface area (Å²) in [6, 6.07) is 8.09. The van der Waals surface area contributed by atoms with Crippen LogP contribution in [0, 0.1) is 23.3 Å². The molecule has 11 heteroatoms. The average molecular weight is 520 g/mol. The summed E-state index contributed by atoms with van der Waals surface area (Å²) in [7, 11) is 0. The van der Waals surface area contributed by atoms with Crippen molar-refractivity contribution < 1.29 is 49.0 Å². The van der Waals surface area contributed by atoms with Gasteiger partial charge in [-0.05, 0) is 47.6 Å². The van der Waals surface area contributed by atoms with E-state index in [2.05, 4.69) is 9.47 Å². The lowest BCUT2D eigenvalue weighted by Gasteiger charge is -2.20. The fourth-order valence-corrected chi connectivity index (χ4v) is 4.23. The molecule has 3 aromatic carbocycles. The standard InChI is InChI=1S/C25H17F9O2/c26-18-9-16(15-7-5-14(6-8-15)13-3-1-2-4-13)10-19(27)22(18)24(30,31)35-17-11-20(28)23(21(29)12-17)36-25(32,33)34/h5-13H,1-4H2. The first-order valence-electron chi connectivity index (χ1n) is 10.8. The van der Waals surface area contributed by atoms with Gasteiger partial charge in [-0.2, -0.15) is 8.78 Å². The Balaban J connectivity index is 1.59. The summed E-state index contributed by atoms with van der Waals surface area (Å²) < 4.78 is 130. The summed E-state index contributed by atoms with van der Waals surface area (Å²) >= 11 is 0. The first-order chi connectivity index (χ1) is 16.8. The summed E-state index contributed by atoms with van der Waals surface area (Å²) in [5.41, 5.74) is -0.437. The largest absolute Gasteiger partial charge is 0.573 e. The second-order valence-electron chi connectivity index (χ2n) is 8.30. The third-order valence-corrected chi connectivity index (χ3v) is 5.84. The summed E-state index contributed by atoms with van der Waals surface area (Å²) in [6.45, 7) is 0. The fourth-order valence-electron chi connectivity index (χ4n) is 4.23. The van der Waals surface area contributed by atoms with Crippen molar-refractivity contribution in [3.05, 3.63) is 82.9 Å². The van der Waals surface area contributed by atoms with Crippen molar-refractivity contribution in [2.75, 3.05) is 0 Å². The van der Waals surface area contributed by atoms with E-state index in [-0.39, 0.29) is 17.7 Å². The van der Waals surface area contributed by atoms with Gasteiger partial charge in [0, 0.05) is 12.1 Å². The molecule has 2 nitrogen and oxygen atoms in total. The molecular weight excluding hydrogens is 503 g/mol. The van der Waals surface area contributed by atoms with Gasteiger partial charge in [-0.25, -0.2) is 17.6 Å².